The minimum absolute atomic E-state index is 0.209. The minimum atomic E-state index is -0.419. The SMILES string of the molecule is CC(=O)Nc1cccc(NC(=O)Cn2nc(-n3cccn3)ccc2=O)c1. The first-order chi connectivity index (χ1) is 12.5. The topological polar surface area (TPSA) is 111 Å². The summed E-state index contributed by atoms with van der Waals surface area (Å²) in [4.78, 5) is 35.3. The largest absolute Gasteiger partial charge is 0.326 e. The van der Waals surface area contributed by atoms with Crippen LogP contribution in [0.4, 0.5) is 11.4 Å². The zero-order valence-corrected chi connectivity index (χ0v) is 13.9. The Balaban J connectivity index is 1.73. The molecule has 0 atom stereocenters. The summed E-state index contributed by atoms with van der Waals surface area (Å²) in [6.45, 7) is 1.15. The van der Waals surface area contributed by atoms with Gasteiger partial charge >= 0.3 is 0 Å². The number of benzene rings is 1. The lowest BCUT2D eigenvalue weighted by atomic mass is 10.2. The van der Waals surface area contributed by atoms with E-state index in [1.165, 1.54) is 23.7 Å². The molecular formula is C17H16N6O3. The maximum atomic E-state index is 12.2. The molecule has 1 aromatic carbocycles. The van der Waals surface area contributed by atoms with Crippen LogP contribution in [0.2, 0.25) is 0 Å². The van der Waals surface area contributed by atoms with Crippen LogP contribution < -0.4 is 16.2 Å². The summed E-state index contributed by atoms with van der Waals surface area (Å²) in [7, 11) is 0. The molecule has 2 N–H and O–H groups in total. The molecule has 3 aromatic rings. The standard InChI is InChI=1S/C17H16N6O3/c1-12(24)19-13-4-2-5-14(10-13)20-16(25)11-23-17(26)7-6-15(21-23)22-9-3-8-18-22/h2-10H,11H2,1H3,(H,19,24)(H,20,25). The molecule has 0 radical (unpaired) electrons. The molecule has 0 aliphatic heterocycles. The Kier molecular flexibility index (Phi) is 4.88. The smallest absolute Gasteiger partial charge is 0.267 e. The number of nitrogens with zero attached hydrogens (tertiary/aromatic N) is 4. The zero-order valence-electron chi connectivity index (χ0n) is 13.9. The van der Waals surface area contributed by atoms with E-state index >= 15 is 0 Å². The van der Waals surface area contributed by atoms with Crippen LogP contribution in [-0.4, -0.2) is 31.4 Å². The lowest BCUT2D eigenvalue weighted by Crippen LogP contribution is -2.30. The van der Waals surface area contributed by atoms with Gasteiger partial charge in [-0.1, -0.05) is 6.07 Å². The van der Waals surface area contributed by atoms with Crippen LogP contribution in [0.1, 0.15) is 6.92 Å². The fourth-order valence-electron chi connectivity index (χ4n) is 2.29. The van der Waals surface area contributed by atoms with E-state index < -0.39 is 11.5 Å². The maximum Gasteiger partial charge on any atom is 0.267 e. The molecular weight excluding hydrogens is 336 g/mol. The van der Waals surface area contributed by atoms with E-state index in [1.54, 1.807) is 42.7 Å². The van der Waals surface area contributed by atoms with E-state index in [0.717, 1.165) is 4.68 Å². The van der Waals surface area contributed by atoms with Crippen molar-refractivity contribution < 1.29 is 9.59 Å². The molecule has 0 unspecified atom stereocenters. The molecule has 2 amide bonds. The summed E-state index contributed by atoms with van der Waals surface area (Å²) in [6.07, 6.45) is 3.27. The number of aromatic nitrogens is 4. The number of anilines is 2. The van der Waals surface area contributed by atoms with Crippen LogP contribution in [-0.2, 0) is 16.1 Å². The molecule has 0 saturated heterocycles. The maximum absolute atomic E-state index is 12.2. The number of carbonyl (C=O) groups excluding carboxylic acids is 2. The van der Waals surface area contributed by atoms with E-state index in [4.69, 9.17) is 0 Å². The van der Waals surface area contributed by atoms with E-state index in [9.17, 15) is 14.4 Å². The quantitative estimate of drug-likeness (QED) is 0.712. The Morgan fingerprint density at radius 1 is 1.08 bits per heavy atom. The van der Waals surface area contributed by atoms with Gasteiger partial charge in [-0.25, -0.2) is 9.36 Å². The van der Waals surface area contributed by atoms with E-state index in [0.29, 0.717) is 17.2 Å². The molecule has 9 heteroatoms. The van der Waals surface area contributed by atoms with Crippen molar-refractivity contribution in [1.82, 2.24) is 19.6 Å². The summed E-state index contributed by atoms with van der Waals surface area (Å²) in [5, 5.41) is 13.5. The van der Waals surface area contributed by atoms with E-state index in [1.807, 2.05) is 0 Å². The average molecular weight is 352 g/mol. The second-order valence-electron chi connectivity index (χ2n) is 5.45. The molecule has 132 valence electrons. The average Bonchev–Trinajstić information content (AvgIpc) is 3.11. The van der Waals surface area contributed by atoms with Crippen LogP contribution >= 0.6 is 0 Å². The Hall–Kier alpha value is -3.75. The predicted octanol–water partition coefficient (Wildman–Crippen LogP) is 1.03. The Morgan fingerprint density at radius 3 is 2.54 bits per heavy atom. The number of amides is 2. The zero-order chi connectivity index (χ0) is 18.5. The number of nitrogens with one attached hydrogen (secondary N) is 2. The van der Waals surface area contributed by atoms with E-state index in [2.05, 4.69) is 20.8 Å². The molecule has 9 nitrogen and oxygen atoms in total. The molecule has 3 rings (SSSR count). The first-order valence-electron chi connectivity index (χ1n) is 7.77. The third-order valence-electron chi connectivity index (χ3n) is 3.35. The van der Waals surface area contributed by atoms with Gasteiger partial charge in [0, 0.05) is 36.8 Å². The Labute approximate surface area is 148 Å². The summed E-state index contributed by atoms with van der Waals surface area (Å²) in [5.41, 5.74) is 0.659. The molecule has 0 aliphatic rings. The highest BCUT2D eigenvalue weighted by atomic mass is 16.2. The highest BCUT2D eigenvalue weighted by Crippen LogP contribution is 2.15. The van der Waals surface area contributed by atoms with Gasteiger partial charge in [-0.05, 0) is 30.3 Å². The fraction of sp³-hybridized carbons (Fsp3) is 0.118. The van der Waals surface area contributed by atoms with Gasteiger partial charge in [0.25, 0.3) is 5.56 Å². The minimum Gasteiger partial charge on any atom is -0.326 e. The molecule has 0 spiro atoms. The molecule has 0 saturated carbocycles. The first-order valence-corrected chi connectivity index (χ1v) is 7.77. The van der Waals surface area contributed by atoms with Crippen LogP contribution in [0.25, 0.3) is 5.82 Å². The molecule has 0 fully saturated rings. The van der Waals surface area contributed by atoms with Crippen molar-refractivity contribution >= 4 is 23.2 Å². The van der Waals surface area contributed by atoms with Gasteiger partial charge in [0.1, 0.15) is 6.54 Å². The van der Waals surface area contributed by atoms with Crippen molar-refractivity contribution in [2.24, 2.45) is 0 Å². The van der Waals surface area contributed by atoms with Gasteiger partial charge in [0.2, 0.25) is 11.8 Å². The normalized spacial score (nSPS) is 10.3. The van der Waals surface area contributed by atoms with Gasteiger partial charge in [-0.2, -0.15) is 5.10 Å². The number of carbonyl (C=O) groups is 2. The molecule has 0 bridgehead atoms. The monoisotopic (exact) mass is 352 g/mol. The highest BCUT2D eigenvalue weighted by Gasteiger charge is 2.09. The number of hydrogen-bond donors (Lipinski definition) is 2. The van der Waals surface area contributed by atoms with Gasteiger partial charge in [0.05, 0.1) is 0 Å². The lowest BCUT2D eigenvalue weighted by Gasteiger charge is -2.09. The van der Waals surface area contributed by atoms with Crippen molar-refractivity contribution in [3.05, 3.63) is 65.2 Å². The van der Waals surface area contributed by atoms with Crippen LogP contribution in [0.15, 0.2) is 59.7 Å². The third kappa shape index (κ3) is 4.20. The second-order valence-corrected chi connectivity index (χ2v) is 5.45. The molecule has 0 aliphatic carbocycles. The van der Waals surface area contributed by atoms with Gasteiger partial charge in [-0.3, -0.25) is 14.4 Å². The summed E-state index contributed by atoms with van der Waals surface area (Å²) in [5.74, 6) is -0.202. The number of rotatable bonds is 5. The van der Waals surface area contributed by atoms with Gasteiger partial charge < -0.3 is 10.6 Å². The Morgan fingerprint density at radius 2 is 1.85 bits per heavy atom. The van der Waals surface area contributed by atoms with Crippen LogP contribution in [0.3, 0.4) is 0 Å². The first kappa shape index (κ1) is 17.1. The predicted molar refractivity (Wildman–Crippen MR) is 95.0 cm³/mol. The molecule has 2 heterocycles. The molecule has 26 heavy (non-hydrogen) atoms. The Bertz CT molecular complexity index is 994. The fourth-order valence-corrected chi connectivity index (χ4v) is 2.29. The van der Waals surface area contributed by atoms with Gasteiger partial charge in [0.15, 0.2) is 5.82 Å². The third-order valence-corrected chi connectivity index (χ3v) is 3.35. The van der Waals surface area contributed by atoms with Gasteiger partial charge in [-0.15, -0.1) is 5.10 Å². The summed E-state index contributed by atoms with van der Waals surface area (Å²) in [6, 6.07) is 11.3. The van der Waals surface area contributed by atoms with Crippen molar-refractivity contribution in [1.29, 1.82) is 0 Å². The van der Waals surface area contributed by atoms with Crippen molar-refractivity contribution in [2.75, 3.05) is 10.6 Å². The summed E-state index contributed by atoms with van der Waals surface area (Å²) >= 11 is 0. The van der Waals surface area contributed by atoms with E-state index in [-0.39, 0.29) is 12.5 Å². The van der Waals surface area contributed by atoms with Crippen LogP contribution in [0, 0.1) is 0 Å². The summed E-state index contributed by atoms with van der Waals surface area (Å²) < 4.78 is 2.55. The lowest BCUT2D eigenvalue weighted by molar-refractivity contribution is -0.117. The molecule has 2 aromatic heterocycles. The van der Waals surface area contributed by atoms with Crippen molar-refractivity contribution in [2.45, 2.75) is 13.5 Å². The number of hydrogen-bond acceptors (Lipinski definition) is 5. The van der Waals surface area contributed by atoms with Crippen molar-refractivity contribution in [3.8, 4) is 5.82 Å². The highest BCUT2D eigenvalue weighted by molar-refractivity contribution is 5.93. The van der Waals surface area contributed by atoms with Crippen molar-refractivity contribution in [3.63, 3.8) is 0 Å². The van der Waals surface area contributed by atoms with Crippen LogP contribution in [0.5, 0.6) is 0 Å². The second kappa shape index (κ2) is 7.43.